The highest BCUT2D eigenvalue weighted by molar-refractivity contribution is 14.1. The van der Waals surface area contributed by atoms with Gasteiger partial charge in [-0.3, -0.25) is 4.79 Å². The molecule has 0 bridgehead atoms. The lowest BCUT2D eigenvalue weighted by Gasteiger charge is -2.06. The SMILES string of the molecule is O=C(CNc1cccc(Br)c1)N/N=C/c1cc(I)cc(I)c1O. The maximum atomic E-state index is 11.7. The van der Waals surface area contributed by atoms with Crippen LogP contribution in [-0.2, 0) is 4.79 Å². The van der Waals surface area contributed by atoms with E-state index in [0.717, 1.165) is 17.3 Å². The van der Waals surface area contributed by atoms with E-state index in [1.807, 2.05) is 52.9 Å². The predicted octanol–water partition coefficient (Wildman–Crippen LogP) is 3.93. The maximum Gasteiger partial charge on any atom is 0.259 e. The summed E-state index contributed by atoms with van der Waals surface area (Å²) in [7, 11) is 0. The normalized spacial score (nSPS) is 10.7. The average molecular weight is 600 g/mol. The van der Waals surface area contributed by atoms with Crippen LogP contribution in [0.4, 0.5) is 5.69 Å². The van der Waals surface area contributed by atoms with Crippen molar-refractivity contribution in [2.75, 3.05) is 11.9 Å². The Labute approximate surface area is 169 Å². The van der Waals surface area contributed by atoms with Crippen molar-refractivity contribution in [3.05, 3.63) is 53.6 Å². The summed E-state index contributed by atoms with van der Waals surface area (Å²) in [6.45, 7) is 0.101. The van der Waals surface area contributed by atoms with Crippen LogP contribution in [0.5, 0.6) is 5.75 Å². The molecule has 0 aliphatic heterocycles. The first kappa shape index (κ1) is 18.5. The Morgan fingerprint density at radius 1 is 1.30 bits per heavy atom. The van der Waals surface area contributed by atoms with Gasteiger partial charge in [0.05, 0.1) is 16.3 Å². The Balaban J connectivity index is 1.89. The molecule has 5 nitrogen and oxygen atoms in total. The third-order valence-corrected chi connectivity index (χ3v) is 4.67. The van der Waals surface area contributed by atoms with Gasteiger partial charge in [0.2, 0.25) is 0 Å². The van der Waals surface area contributed by atoms with Gasteiger partial charge in [0.25, 0.3) is 5.91 Å². The van der Waals surface area contributed by atoms with Crippen LogP contribution >= 0.6 is 61.1 Å². The van der Waals surface area contributed by atoms with Crippen LogP contribution in [0.2, 0.25) is 0 Å². The van der Waals surface area contributed by atoms with Gasteiger partial charge in [0.1, 0.15) is 5.75 Å². The number of hydrogen-bond donors (Lipinski definition) is 3. The number of rotatable bonds is 5. The van der Waals surface area contributed by atoms with E-state index in [0.29, 0.717) is 5.56 Å². The number of carbonyl (C=O) groups excluding carboxylic acids is 1. The highest BCUT2D eigenvalue weighted by atomic mass is 127. The second-order valence-corrected chi connectivity index (χ2v) is 7.81. The fraction of sp³-hybridized carbons (Fsp3) is 0.0667. The van der Waals surface area contributed by atoms with E-state index in [9.17, 15) is 9.90 Å². The van der Waals surface area contributed by atoms with Crippen molar-refractivity contribution in [3.63, 3.8) is 0 Å². The number of carbonyl (C=O) groups is 1. The third-order valence-electron chi connectivity index (χ3n) is 2.73. The van der Waals surface area contributed by atoms with Crippen molar-refractivity contribution in [2.24, 2.45) is 5.10 Å². The van der Waals surface area contributed by atoms with E-state index < -0.39 is 0 Å². The third kappa shape index (κ3) is 5.92. The summed E-state index contributed by atoms with van der Waals surface area (Å²) in [6.07, 6.45) is 1.43. The topological polar surface area (TPSA) is 73.7 Å². The summed E-state index contributed by atoms with van der Waals surface area (Å²) in [6, 6.07) is 11.2. The summed E-state index contributed by atoms with van der Waals surface area (Å²) < 4.78 is 2.65. The van der Waals surface area contributed by atoms with Gasteiger partial charge in [-0.05, 0) is 75.5 Å². The molecule has 2 aromatic rings. The van der Waals surface area contributed by atoms with Crippen LogP contribution < -0.4 is 10.7 Å². The van der Waals surface area contributed by atoms with Crippen LogP contribution in [0.1, 0.15) is 5.56 Å². The second kappa shape index (κ2) is 8.83. The molecule has 2 aromatic carbocycles. The molecule has 0 aromatic heterocycles. The maximum absolute atomic E-state index is 11.7. The molecule has 8 heteroatoms. The molecule has 0 aliphatic carbocycles. The Hall–Kier alpha value is -0.880. The monoisotopic (exact) mass is 599 g/mol. The summed E-state index contributed by atoms with van der Waals surface area (Å²) >= 11 is 7.57. The number of amides is 1. The number of halogens is 3. The quantitative estimate of drug-likeness (QED) is 0.277. The van der Waals surface area contributed by atoms with Crippen LogP contribution in [0.15, 0.2) is 46.0 Å². The van der Waals surface area contributed by atoms with E-state index in [4.69, 9.17) is 0 Å². The van der Waals surface area contributed by atoms with Crippen molar-refractivity contribution < 1.29 is 9.90 Å². The molecular weight excluding hydrogens is 588 g/mol. The zero-order chi connectivity index (χ0) is 16.8. The second-order valence-electron chi connectivity index (χ2n) is 4.48. The molecule has 0 heterocycles. The van der Waals surface area contributed by atoms with Gasteiger partial charge >= 0.3 is 0 Å². The number of benzene rings is 2. The van der Waals surface area contributed by atoms with Crippen LogP contribution in [0.25, 0.3) is 0 Å². The first-order chi connectivity index (χ1) is 11.0. The standard InChI is InChI=1S/C15H12BrI2N3O2/c16-10-2-1-3-12(5-10)19-8-14(22)21-20-7-9-4-11(17)6-13(18)15(9)23/h1-7,19,23H,8H2,(H,21,22)/b20-7+. The molecule has 23 heavy (non-hydrogen) atoms. The summed E-state index contributed by atoms with van der Waals surface area (Å²) in [5.74, 6) is -0.127. The van der Waals surface area contributed by atoms with Gasteiger partial charge in [0, 0.05) is 19.3 Å². The average Bonchev–Trinajstić information content (AvgIpc) is 2.50. The summed E-state index contributed by atoms with van der Waals surface area (Å²) in [5.41, 5.74) is 3.82. The molecule has 0 spiro atoms. The van der Waals surface area contributed by atoms with Gasteiger partial charge in [-0.25, -0.2) is 5.43 Å². The fourth-order valence-electron chi connectivity index (χ4n) is 1.68. The van der Waals surface area contributed by atoms with E-state index in [2.05, 4.69) is 54.4 Å². The molecule has 3 N–H and O–H groups in total. The minimum absolute atomic E-state index is 0.101. The predicted molar refractivity (Wildman–Crippen MR) is 112 cm³/mol. The molecule has 0 unspecified atom stereocenters. The molecule has 0 radical (unpaired) electrons. The number of nitrogens with one attached hydrogen (secondary N) is 2. The largest absolute Gasteiger partial charge is 0.506 e. The molecule has 0 fully saturated rings. The minimum Gasteiger partial charge on any atom is -0.506 e. The van der Waals surface area contributed by atoms with E-state index in [1.54, 1.807) is 6.07 Å². The van der Waals surface area contributed by atoms with Gasteiger partial charge in [-0.1, -0.05) is 22.0 Å². The molecule has 0 aliphatic rings. The summed E-state index contributed by atoms with van der Waals surface area (Å²) in [5, 5.41) is 16.8. The molecule has 1 amide bonds. The van der Waals surface area contributed by atoms with Crippen LogP contribution in [0.3, 0.4) is 0 Å². The number of anilines is 1. The molecule has 120 valence electrons. The Kier molecular flexibility index (Phi) is 7.09. The van der Waals surface area contributed by atoms with Crippen molar-refractivity contribution >= 4 is 78.9 Å². The van der Waals surface area contributed by atoms with Gasteiger partial charge in [0.15, 0.2) is 0 Å². The van der Waals surface area contributed by atoms with E-state index in [-0.39, 0.29) is 18.2 Å². The number of aromatic hydroxyl groups is 1. The molecule has 0 saturated heterocycles. The highest BCUT2D eigenvalue weighted by Gasteiger charge is 2.05. The van der Waals surface area contributed by atoms with Crippen molar-refractivity contribution in [1.29, 1.82) is 0 Å². The first-order valence-corrected chi connectivity index (χ1v) is 9.40. The minimum atomic E-state index is -0.277. The van der Waals surface area contributed by atoms with Gasteiger partial charge in [-0.15, -0.1) is 0 Å². The highest BCUT2D eigenvalue weighted by Crippen LogP contribution is 2.25. The van der Waals surface area contributed by atoms with Crippen molar-refractivity contribution in [1.82, 2.24) is 5.43 Å². The number of hydrogen-bond acceptors (Lipinski definition) is 4. The van der Waals surface area contributed by atoms with E-state index in [1.165, 1.54) is 6.21 Å². The zero-order valence-electron chi connectivity index (χ0n) is 11.7. The smallest absolute Gasteiger partial charge is 0.259 e. The van der Waals surface area contributed by atoms with Crippen LogP contribution in [-0.4, -0.2) is 23.8 Å². The van der Waals surface area contributed by atoms with Gasteiger partial charge in [-0.2, -0.15) is 5.10 Å². The molecule has 0 saturated carbocycles. The lowest BCUT2D eigenvalue weighted by atomic mass is 10.2. The fourth-order valence-corrected chi connectivity index (χ4v) is 3.97. The Bertz CT molecular complexity index is 753. The number of hydrazone groups is 1. The lowest BCUT2D eigenvalue weighted by Crippen LogP contribution is -2.25. The molecule has 2 rings (SSSR count). The summed E-state index contributed by atoms with van der Waals surface area (Å²) in [4.78, 5) is 11.7. The van der Waals surface area contributed by atoms with Crippen LogP contribution in [0, 0.1) is 7.14 Å². The number of phenolic OH excluding ortho intramolecular Hbond substituents is 1. The lowest BCUT2D eigenvalue weighted by molar-refractivity contribution is -0.119. The molecule has 0 atom stereocenters. The zero-order valence-corrected chi connectivity index (χ0v) is 17.6. The first-order valence-electron chi connectivity index (χ1n) is 6.45. The number of nitrogens with zero attached hydrogens (tertiary/aromatic N) is 1. The Morgan fingerprint density at radius 2 is 2.09 bits per heavy atom. The number of phenols is 1. The van der Waals surface area contributed by atoms with Crippen molar-refractivity contribution in [3.8, 4) is 5.75 Å². The van der Waals surface area contributed by atoms with E-state index >= 15 is 0 Å². The Morgan fingerprint density at radius 3 is 2.83 bits per heavy atom. The van der Waals surface area contributed by atoms with Gasteiger partial charge < -0.3 is 10.4 Å². The van der Waals surface area contributed by atoms with Crippen molar-refractivity contribution in [2.45, 2.75) is 0 Å². The molecular formula is C15H12BrI2N3O2.